The van der Waals surface area contributed by atoms with Crippen molar-refractivity contribution >= 4 is 28.1 Å². The van der Waals surface area contributed by atoms with Gasteiger partial charge >= 0.3 is 0 Å². The smallest absolute Gasteiger partial charge is 0.237 e. The van der Waals surface area contributed by atoms with Crippen LogP contribution in [0.3, 0.4) is 0 Å². The Morgan fingerprint density at radius 1 is 1.37 bits per heavy atom. The van der Waals surface area contributed by atoms with Crippen molar-refractivity contribution in [2.24, 2.45) is 5.92 Å². The Labute approximate surface area is 117 Å². The number of hydrogen-bond acceptors (Lipinski definition) is 3. The molecule has 1 aromatic rings. The zero-order valence-corrected chi connectivity index (χ0v) is 12.7. The number of hydrogen-bond donors (Lipinski definition) is 2. The second-order valence-corrected chi connectivity index (χ2v) is 6.89. The van der Waals surface area contributed by atoms with Gasteiger partial charge in [0.2, 0.25) is 5.91 Å². The van der Waals surface area contributed by atoms with Crippen molar-refractivity contribution in [3.63, 3.8) is 0 Å². The number of carbonyl (C=O) groups excluding carboxylic acids is 1. The van der Waals surface area contributed by atoms with E-state index in [-0.39, 0.29) is 16.9 Å². The van der Waals surface area contributed by atoms with Gasteiger partial charge in [0.15, 0.2) is 0 Å². The summed E-state index contributed by atoms with van der Waals surface area (Å²) in [6.07, 6.45) is 0. The fraction of sp³-hybridized carbons (Fsp3) is 0.500. The number of carbonyl (C=O) groups is 1. The first-order valence-corrected chi connectivity index (χ1v) is 7.72. The molecule has 2 atom stereocenters. The van der Waals surface area contributed by atoms with Crippen LogP contribution in [-0.2, 0) is 15.6 Å². The van der Waals surface area contributed by atoms with E-state index in [1.807, 2.05) is 33.8 Å². The number of nitrogen functional groups attached to an aromatic ring is 1. The molecule has 0 heterocycles. The number of amides is 1. The third-order valence-electron chi connectivity index (χ3n) is 3.19. The lowest BCUT2D eigenvalue weighted by Crippen LogP contribution is -2.27. The Hall–Kier alpha value is -1.36. The molecule has 0 aliphatic rings. The predicted octanol–water partition coefficient (Wildman–Crippen LogP) is 2.31. The summed E-state index contributed by atoms with van der Waals surface area (Å²) >= 11 is 0. The van der Waals surface area contributed by atoms with Crippen molar-refractivity contribution in [1.29, 1.82) is 0 Å². The second-order valence-electron chi connectivity index (χ2n) is 5.09. The average Bonchev–Trinajstić information content (AvgIpc) is 2.32. The van der Waals surface area contributed by atoms with Gasteiger partial charge in [-0.05, 0) is 30.5 Å². The molecule has 1 amide bonds. The molecule has 1 rings (SSSR count). The highest BCUT2D eigenvalue weighted by Crippen LogP contribution is 2.17. The molecule has 1 aromatic carbocycles. The highest BCUT2D eigenvalue weighted by atomic mass is 32.2. The highest BCUT2D eigenvalue weighted by molar-refractivity contribution is 7.86. The zero-order valence-electron chi connectivity index (χ0n) is 11.9. The van der Waals surface area contributed by atoms with E-state index in [2.05, 4.69) is 5.32 Å². The van der Waals surface area contributed by atoms with Crippen LogP contribution in [0.4, 0.5) is 11.4 Å². The van der Waals surface area contributed by atoms with E-state index >= 15 is 0 Å². The van der Waals surface area contributed by atoms with Gasteiger partial charge in [0, 0.05) is 27.4 Å². The molecular weight excluding hydrogens is 260 g/mol. The Balaban J connectivity index is 2.60. The summed E-state index contributed by atoms with van der Waals surface area (Å²) in [6, 6.07) is 5.35. The minimum Gasteiger partial charge on any atom is -0.398 e. The van der Waals surface area contributed by atoms with Crippen molar-refractivity contribution in [2.45, 2.75) is 32.9 Å². The molecule has 0 saturated heterocycles. The van der Waals surface area contributed by atoms with Gasteiger partial charge in [0.1, 0.15) is 5.75 Å². The molecule has 3 N–H and O–H groups in total. The van der Waals surface area contributed by atoms with E-state index in [1.165, 1.54) is 0 Å². The quantitative estimate of drug-likeness (QED) is 0.814. The largest absolute Gasteiger partial charge is 0.398 e. The van der Waals surface area contributed by atoms with Crippen LogP contribution in [0, 0.1) is 12.8 Å². The van der Waals surface area contributed by atoms with E-state index < -0.39 is 10.8 Å². The summed E-state index contributed by atoms with van der Waals surface area (Å²) in [5.41, 5.74) is 8.02. The van der Waals surface area contributed by atoms with E-state index in [1.54, 1.807) is 12.1 Å². The lowest BCUT2D eigenvalue weighted by molar-refractivity contribution is -0.113. The Morgan fingerprint density at radius 2 is 2.00 bits per heavy atom. The molecular formula is C14H22N2O2S. The third kappa shape index (κ3) is 4.67. The maximum absolute atomic E-state index is 11.9. The molecule has 106 valence electrons. The highest BCUT2D eigenvalue weighted by Gasteiger charge is 2.18. The first-order valence-electron chi connectivity index (χ1n) is 6.34. The van der Waals surface area contributed by atoms with Crippen LogP contribution in [0.15, 0.2) is 18.2 Å². The van der Waals surface area contributed by atoms with Gasteiger partial charge in [-0.3, -0.25) is 9.00 Å². The normalized spacial score (nSPS) is 14.2. The summed E-state index contributed by atoms with van der Waals surface area (Å²) < 4.78 is 11.9. The van der Waals surface area contributed by atoms with Crippen molar-refractivity contribution in [2.75, 3.05) is 16.8 Å². The molecule has 0 aliphatic carbocycles. The molecule has 4 nitrogen and oxygen atoms in total. The first-order chi connectivity index (χ1) is 8.81. The van der Waals surface area contributed by atoms with E-state index in [0.717, 1.165) is 5.56 Å². The molecule has 0 saturated carbocycles. The Kier molecular flexibility index (Phi) is 5.54. The summed E-state index contributed by atoms with van der Waals surface area (Å²) in [5.74, 6) is 0.0744. The van der Waals surface area contributed by atoms with Gasteiger partial charge < -0.3 is 11.1 Å². The van der Waals surface area contributed by atoms with Crippen LogP contribution in [0.5, 0.6) is 0 Å². The van der Waals surface area contributed by atoms with Crippen LogP contribution in [0.25, 0.3) is 0 Å². The minimum absolute atomic E-state index is 0.00818. The standard InChI is InChI=1S/C14H22N2O2S/c1-9(2)11(4)19(18)8-14(17)16-12-6-5-10(3)13(15)7-12/h5-7,9,11H,8,15H2,1-4H3,(H,16,17). The van der Waals surface area contributed by atoms with Gasteiger partial charge in [-0.2, -0.15) is 0 Å². The molecule has 0 radical (unpaired) electrons. The Bertz CT molecular complexity index is 486. The maximum atomic E-state index is 11.9. The fourth-order valence-electron chi connectivity index (χ4n) is 1.48. The third-order valence-corrected chi connectivity index (χ3v) is 5.11. The first kappa shape index (κ1) is 15.7. The monoisotopic (exact) mass is 282 g/mol. The molecule has 5 heteroatoms. The van der Waals surface area contributed by atoms with E-state index in [9.17, 15) is 9.00 Å². The molecule has 19 heavy (non-hydrogen) atoms. The fourth-order valence-corrected chi connectivity index (χ4v) is 2.68. The number of nitrogens with one attached hydrogen (secondary N) is 1. The van der Waals surface area contributed by atoms with Gasteiger partial charge in [-0.1, -0.05) is 26.8 Å². The van der Waals surface area contributed by atoms with Crippen molar-refractivity contribution in [1.82, 2.24) is 0 Å². The van der Waals surface area contributed by atoms with Gasteiger partial charge in [-0.25, -0.2) is 0 Å². The van der Waals surface area contributed by atoms with Crippen LogP contribution in [0.1, 0.15) is 26.3 Å². The average molecular weight is 282 g/mol. The molecule has 2 unspecified atom stereocenters. The summed E-state index contributed by atoms with van der Waals surface area (Å²) in [5, 5.41) is 2.73. The summed E-state index contributed by atoms with van der Waals surface area (Å²) in [6.45, 7) is 7.81. The van der Waals surface area contributed by atoms with Crippen molar-refractivity contribution < 1.29 is 9.00 Å². The molecule has 0 aromatic heterocycles. The molecule has 0 aliphatic heterocycles. The lowest BCUT2D eigenvalue weighted by Gasteiger charge is -2.15. The SMILES string of the molecule is Cc1ccc(NC(=O)CS(=O)C(C)C(C)C)cc1N. The van der Waals surface area contributed by atoms with Crippen molar-refractivity contribution in [3.8, 4) is 0 Å². The van der Waals surface area contributed by atoms with Crippen LogP contribution in [0.2, 0.25) is 0 Å². The minimum atomic E-state index is -1.15. The van der Waals surface area contributed by atoms with Gasteiger partial charge in [0.25, 0.3) is 0 Å². The number of benzene rings is 1. The molecule has 0 spiro atoms. The topological polar surface area (TPSA) is 72.2 Å². The van der Waals surface area contributed by atoms with Crippen molar-refractivity contribution in [3.05, 3.63) is 23.8 Å². The molecule has 0 fully saturated rings. The predicted molar refractivity (Wildman–Crippen MR) is 81.5 cm³/mol. The van der Waals surface area contributed by atoms with Crippen LogP contribution in [-0.4, -0.2) is 21.1 Å². The van der Waals surface area contributed by atoms with Crippen LogP contribution >= 0.6 is 0 Å². The number of rotatable bonds is 5. The van der Waals surface area contributed by atoms with E-state index in [4.69, 9.17) is 5.73 Å². The van der Waals surface area contributed by atoms with E-state index in [0.29, 0.717) is 17.3 Å². The van der Waals surface area contributed by atoms with Crippen LogP contribution < -0.4 is 11.1 Å². The maximum Gasteiger partial charge on any atom is 0.237 e. The van der Waals surface area contributed by atoms with Gasteiger partial charge in [-0.15, -0.1) is 0 Å². The number of anilines is 2. The number of aryl methyl sites for hydroxylation is 1. The summed E-state index contributed by atoms with van der Waals surface area (Å²) in [4.78, 5) is 11.8. The Morgan fingerprint density at radius 3 is 2.53 bits per heavy atom. The second kappa shape index (κ2) is 6.70. The number of nitrogens with two attached hydrogens (primary N) is 1. The summed E-state index contributed by atoms with van der Waals surface area (Å²) in [7, 11) is -1.15. The zero-order chi connectivity index (χ0) is 14.6. The lowest BCUT2D eigenvalue weighted by atomic mass is 10.2. The molecule has 0 bridgehead atoms. The van der Waals surface area contributed by atoms with Gasteiger partial charge in [0.05, 0.1) is 0 Å².